The number of hydrogen-bond donors (Lipinski definition) is 3. The lowest BCUT2D eigenvalue weighted by Crippen LogP contribution is -2.57. The first kappa shape index (κ1) is 18.6. The second-order valence-corrected chi connectivity index (χ2v) is 8.54. The Bertz CT molecular complexity index is 597. The molecule has 1 aliphatic heterocycles. The first-order chi connectivity index (χ1) is 11.7. The molecule has 1 saturated heterocycles. The van der Waals surface area contributed by atoms with Gasteiger partial charge in [-0.3, -0.25) is 0 Å². The fourth-order valence-corrected chi connectivity index (χ4v) is 5.56. The molecule has 25 heavy (non-hydrogen) atoms. The quantitative estimate of drug-likeness (QED) is 0.411. The summed E-state index contributed by atoms with van der Waals surface area (Å²) in [4.78, 5) is 11.8. The number of aliphatic hydroxyl groups is 3. The molecule has 0 bridgehead atoms. The lowest BCUT2D eigenvalue weighted by atomic mass is 9.46. The van der Waals surface area contributed by atoms with E-state index < -0.39 is 23.6 Å². The number of carbonyl (C=O) groups is 1. The second kappa shape index (κ2) is 6.53. The van der Waals surface area contributed by atoms with Gasteiger partial charge in [-0.25, -0.2) is 4.79 Å². The Labute approximate surface area is 149 Å². The molecule has 0 spiro atoms. The van der Waals surface area contributed by atoms with E-state index in [0.717, 1.165) is 24.8 Å². The molecule has 0 amide bonds. The molecule has 2 saturated carbocycles. The summed E-state index contributed by atoms with van der Waals surface area (Å²) >= 11 is 0. The van der Waals surface area contributed by atoms with Crippen LogP contribution in [0.3, 0.4) is 0 Å². The average Bonchev–Trinajstić information content (AvgIpc) is 2.89. The third-order valence-corrected chi connectivity index (χ3v) is 7.23. The summed E-state index contributed by atoms with van der Waals surface area (Å²) in [7, 11) is 0. The smallest absolute Gasteiger partial charge is 0.336 e. The van der Waals surface area contributed by atoms with Crippen molar-refractivity contribution in [3.63, 3.8) is 0 Å². The molecule has 0 aromatic carbocycles. The zero-order chi connectivity index (χ0) is 18.4. The predicted octanol–water partition coefficient (Wildman–Crippen LogP) is 1.96. The largest absolute Gasteiger partial charge is 0.459 e. The number of allylic oxidation sites excluding steroid dienone is 2. The lowest BCUT2D eigenvalue weighted by Gasteiger charge is -2.59. The summed E-state index contributed by atoms with van der Waals surface area (Å²) in [5.41, 5.74) is 0.911. The highest BCUT2D eigenvalue weighted by atomic mass is 16.6. The monoisotopic (exact) mass is 350 g/mol. The molecule has 3 rings (SSSR count). The summed E-state index contributed by atoms with van der Waals surface area (Å²) in [6.45, 7) is 8.50. The molecule has 0 aromatic heterocycles. The Hall–Kier alpha value is -1.17. The van der Waals surface area contributed by atoms with E-state index in [9.17, 15) is 20.1 Å². The highest BCUT2D eigenvalue weighted by molar-refractivity contribution is 5.91. The number of aliphatic hydroxyl groups excluding tert-OH is 3. The normalized spacial score (nSPS) is 46.2. The highest BCUT2D eigenvalue weighted by Crippen LogP contribution is 2.61. The van der Waals surface area contributed by atoms with Crippen LogP contribution in [0.1, 0.15) is 46.0 Å². The summed E-state index contributed by atoms with van der Waals surface area (Å²) in [6, 6.07) is 0. The molecular formula is C20H30O5. The molecule has 140 valence electrons. The van der Waals surface area contributed by atoms with Gasteiger partial charge in [0.15, 0.2) is 0 Å². The fraction of sp³-hybridized carbons (Fsp3) is 0.750. The maximum absolute atomic E-state index is 11.8. The first-order valence-electron chi connectivity index (χ1n) is 9.26. The van der Waals surface area contributed by atoms with Crippen LogP contribution in [0.25, 0.3) is 0 Å². The van der Waals surface area contributed by atoms with E-state index in [1.54, 1.807) is 0 Å². The Balaban J connectivity index is 1.89. The van der Waals surface area contributed by atoms with Crippen LogP contribution in [0.15, 0.2) is 23.8 Å². The molecule has 3 fully saturated rings. The van der Waals surface area contributed by atoms with E-state index in [1.807, 2.05) is 13.0 Å². The van der Waals surface area contributed by atoms with Crippen molar-refractivity contribution in [2.24, 2.45) is 22.7 Å². The van der Waals surface area contributed by atoms with Gasteiger partial charge >= 0.3 is 5.97 Å². The second-order valence-electron chi connectivity index (χ2n) is 8.54. The van der Waals surface area contributed by atoms with Gasteiger partial charge in [-0.15, -0.1) is 0 Å². The number of cyclic esters (lactones) is 1. The van der Waals surface area contributed by atoms with Crippen LogP contribution in [0.2, 0.25) is 0 Å². The summed E-state index contributed by atoms with van der Waals surface area (Å²) in [5, 5.41) is 30.4. The third kappa shape index (κ3) is 2.86. The average molecular weight is 350 g/mol. The van der Waals surface area contributed by atoms with Gasteiger partial charge in [0, 0.05) is 5.41 Å². The Morgan fingerprint density at radius 2 is 2.04 bits per heavy atom. The van der Waals surface area contributed by atoms with Crippen molar-refractivity contribution < 1.29 is 24.9 Å². The lowest BCUT2D eigenvalue weighted by molar-refractivity contribution is -0.151. The van der Waals surface area contributed by atoms with Crippen LogP contribution < -0.4 is 0 Å². The van der Waals surface area contributed by atoms with Crippen molar-refractivity contribution in [3.05, 3.63) is 23.8 Å². The van der Waals surface area contributed by atoms with Crippen molar-refractivity contribution in [1.29, 1.82) is 0 Å². The minimum atomic E-state index is -0.844. The van der Waals surface area contributed by atoms with Gasteiger partial charge in [0.1, 0.15) is 12.7 Å². The molecule has 1 heterocycles. The van der Waals surface area contributed by atoms with Crippen LogP contribution in [0.5, 0.6) is 0 Å². The summed E-state index contributed by atoms with van der Waals surface area (Å²) in [6.07, 6.45) is 4.42. The number of rotatable bonds is 3. The summed E-state index contributed by atoms with van der Waals surface area (Å²) < 4.78 is 4.90. The number of ether oxygens (including phenoxy) is 1. The molecule has 5 heteroatoms. The number of fused-ring (bicyclic) bond motifs is 1. The molecule has 3 aliphatic rings. The van der Waals surface area contributed by atoms with Crippen molar-refractivity contribution in [3.8, 4) is 0 Å². The van der Waals surface area contributed by atoms with Gasteiger partial charge in [-0.2, -0.15) is 0 Å². The highest BCUT2D eigenvalue weighted by Gasteiger charge is 2.57. The minimum Gasteiger partial charge on any atom is -0.459 e. The third-order valence-electron chi connectivity index (χ3n) is 7.23. The number of esters is 1. The van der Waals surface area contributed by atoms with Crippen LogP contribution >= 0.6 is 0 Å². The maximum atomic E-state index is 11.8. The Morgan fingerprint density at radius 1 is 1.32 bits per heavy atom. The number of hydrogen-bond acceptors (Lipinski definition) is 5. The molecule has 3 N–H and O–H groups in total. The molecule has 0 radical (unpaired) electrons. The van der Waals surface area contributed by atoms with Gasteiger partial charge in [0.25, 0.3) is 0 Å². The Morgan fingerprint density at radius 3 is 2.64 bits per heavy atom. The molecule has 0 aromatic rings. The van der Waals surface area contributed by atoms with Crippen LogP contribution in [0.4, 0.5) is 0 Å². The maximum Gasteiger partial charge on any atom is 0.336 e. The van der Waals surface area contributed by atoms with Crippen LogP contribution in [-0.2, 0) is 9.53 Å². The van der Waals surface area contributed by atoms with Crippen molar-refractivity contribution in [2.45, 2.75) is 58.2 Å². The van der Waals surface area contributed by atoms with Crippen LogP contribution in [-0.4, -0.2) is 46.7 Å². The van der Waals surface area contributed by atoms with E-state index in [4.69, 9.17) is 4.74 Å². The summed E-state index contributed by atoms with van der Waals surface area (Å²) in [5.74, 6) is -0.0734. The van der Waals surface area contributed by atoms with Gasteiger partial charge in [-0.05, 0) is 49.4 Å². The van der Waals surface area contributed by atoms with Crippen molar-refractivity contribution in [1.82, 2.24) is 0 Å². The SMILES string of the molecule is C=C1CC[C@@H]2[C@](C)(CO)[C@H](O)CC[C@@]2(C)[C@@H]1C/C=C1\C(=O)OCC1O. The standard InChI is InChI=1S/C20H30O5/c1-12-4-7-16-19(2,9-8-17(23)20(16,3)11-21)14(12)6-5-13-15(22)10-25-18(13)24/h5,14-17,21-23H,1,4,6-11H2,2-3H3/b13-5-/t14-,15?,16+,17-,19+,20+/m1/s1. The van der Waals surface area contributed by atoms with E-state index in [-0.39, 0.29) is 30.5 Å². The minimum absolute atomic E-state index is 0.0280. The van der Waals surface area contributed by atoms with Gasteiger partial charge in [0.2, 0.25) is 0 Å². The molecule has 6 atom stereocenters. The molecular weight excluding hydrogens is 320 g/mol. The first-order valence-corrected chi connectivity index (χ1v) is 9.26. The predicted molar refractivity (Wildman–Crippen MR) is 93.6 cm³/mol. The van der Waals surface area contributed by atoms with E-state index in [0.29, 0.717) is 18.4 Å². The van der Waals surface area contributed by atoms with Gasteiger partial charge in [-0.1, -0.05) is 32.1 Å². The zero-order valence-corrected chi connectivity index (χ0v) is 15.2. The van der Waals surface area contributed by atoms with E-state index in [1.165, 1.54) is 0 Å². The fourth-order valence-electron chi connectivity index (χ4n) is 5.56. The Kier molecular flexibility index (Phi) is 4.86. The van der Waals surface area contributed by atoms with E-state index in [2.05, 4.69) is 13.5 Å². The topological polar surface area (TPSA) is 87.0 Å². The zero-order valence-electron chi connectivity index (χ0n) is 15.2. The molecule has 2 aliphatic carbocycles. The molecule has 5 nitrogen and oxygen atoms in total. The van der Waals surface area contributed by atoms with Gasteiger partial charge in [0.05, 0.1) is 18.3 Å². The van der Waals surface area contributed by atoms with Gasteiger partial charge < -0.3 is 20.1 Å². The molecule has 1 unspecified atom stereocenters. The van der Waals surface area contributed by atoms with Crippen molar-refractivity contribution in [2.75, 3.05) is 13.2 Å². The van der Waals surface area contributed by atoms with E-state index >= 15 is 0 Å². The number of carbonyl (C=O) groups excluding carboxylic acids is 1. The van der Waals surface area contributed by atoms with Crippen LogP contribution in [0, 0.1) is 22.7 Å². The van der Waals surface area contributed by atoms with Crippen molar-refractivity contribution >= 4 is 5.97 Å².